The first kappa shape index (κ1) is 19.3. The molecule has 0 radical (unpaired) electrons. The highest BCUT2D eigenvalue weighted by Gasteiger charge is 2.30. The van der Waals surface area contributed by atoms with Crippen LogP contribution in [0, 0.1) is 5.92 Å². The summed E-state index contributed by atoms with van der Waals surface area (Å²) in [6, 6.07) is 7.66. The average Bonchev–Trinajstić information content (AvgIpc) is 3.28. The Kier molecular flexibility index (Phi) is 5.92. The van der Waals surface area contributed by atoms with Crippen molar-refractivity contribution in [1.82, 2.24) is 19.8 Å². The summed E-state index contributed by atoms with van der Waals surface area (Å²) in [6.45, 7) is 2.52. The maximum Gasteiger partial charge on any atom is 0.225 e. The molecular formula is C20H23ClN4O2S. The second-order valence-electron chi connectivity index (χ2n) is 7.23. The minimum absolute atomic E-state index is 0.00445. The molecule has 0 spiro atoms. The van der Waals surface area contributed by atoms with Gasteiger partial charge in [-0.3, -0.25) is 9.59 Å². The Morgan fingerprint density at radius 2 is 2.14 bits per heavy atom. The molecule has 28 heavy (non-hydrogen) atoms. The Hall–Kier alpha value is -1.99. The molecule has 0 bridgehead atoms. The van der Waals surface area contributed by atoms with Crippen molar-refractivity contribution < 1.29 is 9.59 Å². The fourth-order valence-corrected chi connectivity index (χ4v) is 4.72. The molecule has 1 saturated heterocycles. The number of thioether (sulfide) groups is 1. The van der Waals surface area contributed by atoms with E-state index < -0.39 is 0 Å². The zero-order valence-corrected chi connectivity index (χ0v) is 17.1. The third-order valence-corrected chi connectivity index (χ3v) is 6.47. The zero-order chi connectivity index (χ0) is 19.5. The van der Waals surface area contributed by atoms with Crippen molar-refractivity contribution >= 4 is 35.2 Å². The molecule has 1 aromatic heterocycles. The number of likely N-dealkylation sites (tertiary alicyclic amines) is 1. The Morgan fingerprint density at radius 3 is 2.93 bits per heavy atom. The summed E-state index contributed by atoms with van der Waals surface area (Å²) in [7, 11) is 0. The standard InChI is InChI=1S/C20H23ClN4O2S/c21-16-4-1-14(2-5-16)7-8-24-12-15(3-6-18(24)26)19(27)22-11-17-13-25-9-10-28-20(25)23-17/h1-2,4-5,13,15H,3,6-12H2,(H,22,27)/t15-/m1/s1. The van der Waals surface area contributed by atoms with E-state index in [2.05, 4.69) is 14.9 Å². The average molecular weight is 419 g/mol. The van der Waals surface area contributed by atoms with Gasteiger partial charge in [0.1, 0.15) is 0 Å². The van der Waals surface area contributed by atoms with Crippen LogP contribution >= 0.6 is 23.4 Å². The molecule has 3 heterocycles. The summed E-state index contributed by atoms with van der Waals surface area (Å²) in [5.41, 5.74) is 2.02. The van der Waals surface area contributed by atoms with Gasteiger partial charge in [-0.05, 0) is 30.5 Å². The molecule has 2 aliphatic rings. The predicted octanol–water partition coefficient (Wildman–Crippen LogP) is 2.74. The number of hydrogen-bond acceptors (Lipinski definition) is 4. The van der Waals surface area contributed by atoms with E-state index in [1.54, 1.807) is 11.8 Å². The van der Waals surface area contributed by atoms with Crippen molar-refractivity contribution in [2.75, 3.05) is 18.8 Å². The van der Waals surface area contributed by atoms with E-state index in [4.69, 9.17) is 11.6 Å². The van der Waals surface area contributed by atoms with Crippen molar-refractivity contribution in [3.63, 3.8) is 0 Å². The second-order valence-corrected chi connectivity index (χ2v) is 8.72. The molecule has 6 nitrogen and oxygen atoms in total. The Balaban J connectivity index is 1.28. The lowest BCUT2D eigenvalue weighted by Gasteiger charge is -2.32. The highest BCUT2D eigenvalue weighted by atomic mass is 35.5. The van der Waals surface area contributed by atoms with Crippen LogP contribution in [0.4, 0.5) is 0 Å². The van der Waals surface area contributed by atoms with E-state index in [-0.39, 0.29) is 17.7 Å². The molecule has 0 saturated carbocycles. The summed E-state index contributed by atoms with van der Waals surface area (Å²) < 4.78 is 2.13. The molecule has 148 valence electrons. The maximum atomic E-state index is 12.6. The van der Waals surface area contributed by atoms with E-state index in [0.29, 0.717) is 37.5 Å². The third-order valence-electron chi connectivity index (χ3n) is 5.25. The molecule has 1 aromatic carbocycles. The van der Waals surface area contributed by atoms with Gasteiger partial charge in [0.2, 0.25) is 11.8 Å². The first-order chi connectivity index (χ1) is 13.6. The number of aryl methyl sites for hydroxylation is 1. The topological polar surface area (TPSA) is 67.2 Å². The number of halogens is 1. The summed E-state index contributed by atoms with van der Waals surface area (Å²) in [6.07, 6.45) is 3.80. The molecule has 1 atom stereocenters. The Bertz CT molecular complexity index is 846. The highest BCUT2D eigenvalue weighted by molar-refractivity contribution is 7.99. The van der Waals surface area contributed by atoms with Crippen LogP contribution in [-0.4, -0.2) is 45.1 Å². The van der Waals surface area contributed by atoms with E-state index in [9.17, 15) is 9.59 Å². The monoisotopic (exact) mass is 418 g/mol. The number of benzene rings is 1. The number of nitrogens with one attached hydrogen (secondary N) is 1. The fourth-order valence-electron chi connectivity index (χ4n) is 3.63. The van der Waals surface area contributed by atoms with Gasteiger partial charge in [-0.15, -0.1) is 0 Å². The first-order valence-electron chi connectivity index (χ1n) is 9.57. The van der Waals surface area contributed by atoms with Gasteiger partial charge in [-0.2, -0.15) is 0 Å². The van der Waals surface area contributed by atoms with Crippen molar-refractivity contribution in [3.05, 3.63) is 46.7 Å². The number of fused-ring (bicyclic) bond motifs is 1. The zero-order valence-electron chi connectivity index (χ0n) is 15.6. The van der Waals surface area contributed by atoms with Crippen LogP contribution in [0.15, 0.2) is 35.6 Å². The number of rotatable bonds is 6. The van der Waals surface area contributed by atoms with Gasteiger partial charge >= 0.3 is 0 Å². The molecule has 1 N–H and O–H groups in total. The Morgan fingerprint density at radius 1 is 1.32 bits per heavy atom. The number of hydrogen-bond donors (Lipinski definition) is 1. The largest absolute Gasteiger partial charge is 0.350 e. The summed E-state index contributed by atoms with van der Waals surface area (Å²) in [5.74, 6) is 1.04. The van der Waals surface area contributed by atoms with Gasteiger partial charge < -0.3 is 14.8 Å². The molecule has 4 rings (SSSR count). The molecular weight excluding hydrogens is 396 g/mol. The van der Waals surface area contributed by atoms with Gasteiger partial charge in [0.05, 0.1) is 18.2 Å². The number of aromatic nitrogens is 2. The van der Waals surface area contributed by atoms with Crippen molar-refractivity contribution in [3.8, 4) is 0 Å². The number of carbonyl (C=O) groups excluding carboxylic acids is 2. The number of piperidine rings is 1. The van der Waals surface area contributed by atoms with Gasteiger partial charge in [-0.25, -0.2) is 4.98 Å². The maximum absolute atomic E-state index is 12.6. The smallest absolute Gasteiger partial charge is 0.225 e. The van der Waals surface area contributed by atoms with Crippen LogP contribution in [0.5, 0.6) is 0 Å². The number of imidazole rings is 1. The predicted molar refractivity (Wildman–Crippen MR) is 109 cm³/mol. The van der Waals surface area contributed by atoms with Crippen LogP contribution in [0.1, 0.15) is 24.1 Å². The van der Waals surface area contributed by atoms with Gasteiger partial charge in [0, 0.05) is 43.0 Å². The molecule has 2 aliphatic heterocycles. The molecule has 2 amide bonds. The SMILES string of the molecule is O=C(NCc1cn2c(n1)SCC2)[C@@H]1CCC(=O)N(CCc2ccc(Cl)cc2)C1. The van der Waals surface area contributed by atoms with E-state index in [1.165, 1.54) is 0 Å². The van der Waals surface area contributed by atoms with Crippen molar-refractivity contribution in [2.45, 2.75) is 37.5 Å². The second kappa shape index (κ2) is 8.57. The third kappa shape index (κ3) is 4.52. The summed E-state index contributed by atoms with van der Waals surface area (Å²) in [5, 5.41) is 4.73. The van der Waals surface area contributed by atoms with Crippen LogP contribution in [0.25, 0.3) is 0 Å². The van der Waals surface area contributed by atoms with Crippen LogP contribution in [0.3, 0.4) is 0 Å². The lowest BCUT2D eigenvalue weighted by Crippen LogP contribution is -2.46. The van der Waals surface area contributed by atoms with Gasteiger partial charge in [-0.1, -0.05) is 35.5 Å². The van der Waals surface area contributed by atoms with Crippen molar-refractivity contribution in [2.24, 2.45) is 5.92 Å². The lowest BCUT2D eigenvalue weighted by atomic mass is 9.96. The van der Waals surface area contributed by atoms with E-state index >= 15 is 0 Å². The molecule has 1 fully saturated rings. The number of amides is 2. The quantitative estimate of drug-likeness (QED) is 0.783. The normalized spacial score (nSPS) is 19.0. The highest BCUT2D eigenvalue weighted by Crippen LogP contribution is 2.24. The first-order valence-corrected chi connectivity index (χ1v) is 10.9. The minimum Gasteiger partial charge on any atom is -0.350 e. The molecule has 8 heteroatoms. The molecule has 0 aliphatic carbocycles. The van der Waals surface area contributed by atoms with E-state index in [1.807, 2.05) is 35.4 Å². The number of nitrogens with zero attached hydrogens (tertiary/aromatic N) is 3. The fraction of sp³-hybridized carbons (Fsp3) is 0.450. The molecule has 2 aromatic rings. The minimum atomic E-state index is -0.160. The summed E-state index contributed by atoms with van der Waals surface area (Å²) >= 11 is 7.66. The van der Waals surface area contributed by atoms with E-state index in [0.717, 1.165) is 35.1 Å². The lowest BCUT2D eigenvalue weighted by molar-refractivity contribution is -0.138. The molecule has 0 unspecified atom stereocenters. The van der Waals surface area contributed by atoms with Crippen molar-refractivity contribution in [1.29, 1.82) is 0 Å². The number of carbonyl (C=O) groups is 2. The summed E-state index contributed by atoms with van der Waals surface area (Å²) in [4.78, 5) is 31.2. The van der Waals surface area contributed by atoms with Gasteiger partial charge in [0.15, 0.2) is 5.16 Å². The van der Waals surface area contributed by atoms with Crippen LogP contribution in [-0.2, 0) is 29.1 Å². The van der Waals surface area contributed by atoms with Gasteiger partial charge in [0.25, 0.3) is 0 Å². The Labute approximate surface area is 173 Å². The van der Waals surface area contributed by atoms with Crippen LogP contribution in [0.2, 0.25) is 5.02 Å². The van der Waals surface area contributed by atoms with Crippen LogP contribution < -0.4 is 5.32 Å².